The zero-order valence-corrected chi connectivity index (χ0v) is 19.9. The van der Waals surface area contributed by atoms with Crippen LogP contribution in [0.1, 0.15) is 36.0 Å². The van der Waals surface area contributed by atoms with Gasteiger partial charge in [0.25, 0.3) is 5.56 Å². The predicted octanol–water partition coefficient (Wildman–Crippen LogP) is 6.24. The molecule has 0 saturated heterocycles. The highest BCUT2D eigenvalue weighted by atomic mass is 16.1. The van der Waals surface area contributed by atoms with Crippen LogP contribution in [0.15, 0.2) is 83.8 Å². The molecular formula is C30H26N4O. The molecule has 0 aliphatic heterocycles. The Hall–Kier alpha value is -4.43. The summed E-state index contributed by atoms with van der Waals surface area (Å²) >= 11 is 0. The van der Waals surface area contributed by atoms with Crippen molar-refractivity contribution in [1.82, 2.24) is 14.5 Å². The van der Waals surface area contributed by atoms with E-state index in [1.807, 2.05) is 61.7 Å². The highest BCUT2D eigenvalue weighted by molar-refractivity contribution is 5.85. The molecule has 5 nitrogen and oxygen atoms in total. The number of aryl methyl sites for hydroxylation is 1. The highest BCUT2D eigenvalue weighted by Gasteiger charge is 2.16. The Labute approximate surface area is 204 Å². The molecule has 0 atom stereocenters. The number of hydrogen-bond donors (Lipinski definition) is 1. The molecule has 172 valence electrons. The second-order valence-corrected chi connectivity index (χ2v) is 8.76. The molecule has 0 fully saturated rings. The number of hydrogen-bond acceptors (Lipinski definition) is 3. The number of nitrogens with zero attached hydrogens (tertiary/aromatic N) is 3. The predicted molar refractivity (Wildman–Crippen MR) is 140 cm³/mol. The Morgan fingerprint density at radius 1 is 1.00 bits per heavy atom. The van der Waals surface area contributed by atoms with Crippen LogP contribution in [-0.2, 0) is 13.0 Å². The minimum atomic E-state index is -0.180. The maximum absolute atomic E-state index is 13.1. The van der Waals surface area contributed by atoms with Crippen molar-refractivity contribution in [3.63, 3.8) is 0 Å². The van der Waals surface area contributed by atoms with Crippen LogP contribution in [-0.4, -0.2) is 14.5 Å². The lowest BCUT2D eigenvalue weighted by Crippen LogP contribution is -2.23. The van der Waals surface area contributed by atoms with E-state index in [0.29, 0.717) is 17.7 Å². The van der Waals surface area contributed by atoms with E-state index < -0.39 is 0 Å². The van der Waals surface area contributed by atoms with E-state index in [4.69, 9.17) is 0 Å². The molecule has 5 aromatic rings. The third-order valence-electron chi connectivity index (χ3n) is 6.49. The molecule has 0 radical (unpaired) electrons. The summed E-state index contributed by atoms with van der Waals surface area (Å²) in [5.41, 5.74) is 7.02. The normalized spacial score (nSPS) is 11.0. The van der Waals surface area contributed by atoms with Crippen molar-refractivity contribution < 1.29 is 0 Å². The lowest BCUT2D eigenvalue weighted by atomic mass is 9.99. The first-order valence-electron chi connectivity index (χ1n) is 11.9. The third-order valence-corrected chi connectivity index (χ3v) is 6.49. The molecule has 2 aromatic heterocycles. The smallest absolute Gasteiger partial charge is 0.281 e. The van der Waals surface area contributed by atoms with Gasteiger partial charge < -0.3 is 9.55 Å². The largest absolute Gasteiger partial charge is 0.361 e. The van der Waals surface area contributed by atoms with E-state index in [2.05, 4.69) is 51.8 Å². The molecule has 5 rings (SSSR count). The quantitative estimate of drug-likeness (QED) is 0.327. The Bertz CT molecular complexity index is 1620. The number of nitrogens with one attached hydrogen (secondary N) is 1. The Balaban J connectivity index is 1.55. The van der Waals surface area contributed by atoms with Crippen molar-refractivity contribution in [2.45, 2.75) is 33.2 Å². The van der Waals surface area contributed by atoms with E-state index in [9.17, 15) is 10.1 Å². The molecule has 0 aliphatic carbocycles. The summed E-state index contributed by atoms with van der Waals surface area (Å²) in [5.74, 6) is 0.806. The van der Waals surface area contributed by atoms with Gasteiger partial charge in [0.05, 0.1) is 17.2 Å². The molecule has 0 spiro atoms. The van der Waals surface area contributed by atoms with E-state index >= 15 is 0 Å². The Morgan fingerprint density at radius 2 is 1.77 bits per heavy atom. The summed E-state index contributed by atoms with van der Waals surface area (Å²) in [6.45, 7) is 4.73. The van der Waals surface area contributed by atoms with E-state index in [0.717, 1.165) is 57.5 Å². The highest BCUT2D eigenvalue weighted by Crippen LogP contribution is 2.27. The number of aromatic nitrogens is 3. The minimum absolute atomic E-state index is 0.180. The van der Waals surface area contributed by atoms with Crippen molar-refractivity contribution in [3.8, 4) is 28.3 Å². The van der Waals surface area contributed by atoms with Crippen molar-refractivity contribution in [2.24, 2.45) is 0 Å². The van der Waals surface area contributed by atoms with Crippen molar-refractivity contribution in [2.75, 3.05) is 0 Å². The molecule has 1 N–H and O–H groups in total. The van der Waals surface area contributed by atoms with Gasteiger partial charge in [0.2, 0.25) is 0 Å². The van der Waals surface area contributed by atoms with Crippen molar-refractivity contribution in [1.29, 1.82) is 5.26 Å². The molecular weight excluding hydrogens is 432 g/mol. The number of aromatic amines is 1. The summed E-state index contributed by atoms with van der Waals surface area (Å²) in [6.07, 6.45) is 3.55. The van der Waals surface area contributed by atoms with Crippen LogP contribution in [0.3, 0.4) is 0 Å². The number of H-pyrrole nitrogens is 1. The number of rotatable bonds is 6. The molecule has 3 aromatic carbocycles. The van der Waals surface area contributed by atoms with Crippen LogP contribution < -0.4 is 5.56 Å². The molecule has 0 saturated carbocycles. The number of nitriles is 1. The monoisotopic (exact) mass is 458 g/mol. The Kier molecular flexibility index (Phi) is 6.03. The number of benzene rings is 3. The van der Waals surface area contributed by atoms with Gasteiger partial charge >= 0.3 is 0 Å². The fourth-order valence-corrected chi connectivity index (χ4v) is 4.69. The summed E-state index contributed by atoms with van der Waals surface area (Å²) in [5, 5.41) is 10.5. The first-order valence-corrected chi connectivity index (χ1v) is 11.9. The molecule has 0 aliphatic rings. The fourth-order valence-electron chi connectivity index (χ4n) is 4.69. The summed E-state index contributed by atoms with van der Waals surface area (Å²) < 4.78 is 2.17. The zero-order chi connectivity index (χ0) is 24.4. The maximum Gasteiger partial charge on any atom is 0.281 e. The second kappa shape index (κ2) is 9.44. The molecule has 0 unspecified atom stereocenters. The first kappa shape index (κ1) is 22.4. The molecule has 0 amide bonds. The summed E-state index contributed by atoms with van der Waals surface area (Å²) in [6, 6.07) is 26.2. The lowest BCUT2D eigenvalue weighted by molar-refractivity contribution is 0.652. The molecule has 2 heterocycles. The van der Waals surface area contributed by atoms with Crippen LogP contribution >= 0.6 is 0 Å². The van der Waals surface area contributed by atoms with Crippen LogP contribution in [0.4, 0.5) is 0 Å². The molecule has 5 heteroatoms. The summed E-state index contributed by atoms with van der Waals surface area (Å²) in [4.78, 5) is 20.8. The van der Waals surface area contributed by atoms with Gasteiger partial charge in [-0.15, -0.1) is 0 Å². The fraction of sp³-hybridized carbons (Fsp3) is 0.167. The summed E-state index contributed by atoms with van der Waals surface area (Å²) in [7, 11) is 0. The average molecular weight is 459 g/mol. The van der Waals surface area contributed by atoms with E-state index in [1.54, 1.807) is 0 Å². The van der Waals surface area contributed by atoms with E-state index in [1.165, 1.54) is 0 Å². The zero-order valence-electron chi connectivity index (χ0n) is 19.9. The lowest BCUT2D eigenvalue weighted by Gasteiger charge is -2.19. The Morgan fingerprint density at radius 3 is 2.54 bits per heavy atom. The van der Waals surface area contributed by atoms with Gasteiger partial charge in [0.1, 0.15) is 5.82 Å². The van der Waals surface area contributed by atoms with Crippen LogP contribution in [0.2, 0.25) is 0 Å². The molecule has 35 heavy (non-hydrogen) atoms. The van der Waals surface area contributed by atoms with Crippen LogP contribution in [0.5, 0.6) is 0 Å². The van der Waals surface area contributed by atoms with Gasteiger partial charge in [-0.1, -0.05) is 55.5 Å². The number of fused-ring (bicyclic) bond motifs is 1. The minimum Gasteiger partial charge on any atom is -0.361 e. The van der Waals surface area contributed by atoms with Gasteiger partial charge in [-0.2, -0.15) is 10.2 Å². The van der Waals surface area contributed by atoms with Crippen LogP contribution in [0.25, 0.3) is 33.2 Å². The maximum atomic E-state index is 13.1. The SMILES string of the molecule is CCCc1nc(=O)c(-c2ccc3[nH]ccc3c2)c(C)n1Cc1ccc(-c2ccccc2C#N)cc1. The standard InChI is InChI=1S/C30H26N4O/c1-3-6-28-33-30(35)29(24-13-14-27-23(17-24)15-16-32-27)20(2)34(28)19-21-9-11-22(12-10-21)26-8-5-4-7-25(26)18-31/h4-5,7-17,32H,3,6,19H2,1-2H3. The van der Waals surface area contributed by atoms with Gasteiger partial charge in [-0.05, 0) is 65.3 Å². The molecule has 0 bridgehead atoms. The third kappa shape index (κ3) is 4.27. The van der Waals surface area contributed by atoms with Crippen LogP contribution in [0, 0.1) is 18.3 Å². The van der Waals surface area contributed by atoms with E-state index in [-0.39, 0.29) is 5.56 Å². The van der Waals surface area contributed by atoms with Crippen molar-refractivity contribution in [3.05, 3.63) is 112 Å². The van der Waals surface area contributed by atoms with Gasteiger partial charge in [0.15, 0.2) is 0 Å². The van der Waals surface area contributed by atoms with Gasteiger partial charge in [-0.3, -0.25) is 4.79 Å². The van der Waals surface area contributed by atoms with Gasteiger partial charge in [-0.25, -0.2) is 0 Å². The average Bonchev–Trinajstić information content (AvgIpc) is 3.35. The van der Waals surface area contributed by atoms with Gasteiger partial charge in [0, 0.05) is 30.4 Å². The topological polar surface area (TPSA) is 74.5 Å². The second-order valence-electron chi connectivity index (χ2n) is 8.76. The van der Waals surface area contributed by atoms with Crippen molar-refractivity contribution >= 4 is 10.9 Å². The first-order chi connectivity index (χ1) is 17.1.